The number of aromatic nitrogens is 5. The Hall–Kier alpha value is -3.68. The first kappa shape index (κ1) is 16.8. The minimum absolute atomic E-state index is 0.0613. The summed E-state index contributed by atoms with van der Waals surface area (Å²) in [6.45, 7) is 2.27. The van der Waals surface area contributed by atoms with Crippen LogP contribution in [-0.4, -0.2) is 43.1 Å². The first-order chi connectivity index (χ1) is 13.1. The fourth-order valence-electron chi connectivity index (χ4n) is 2.84. The van der Waals surface area contributed by atoms with Crippen LogP contribution in [0.3, 0.4) is 0 Å². The predicted molar refractivity (Wildman–Crippen MR) is 102 cm³/mol. The molecule has 27 heavy (non-hydrogen) atoms. The number of hydrogen-bond donors (Lipinski definition) is 1. The third-order valence-electron chi connectivity index (χ3n) is 4.20. The van der Waals surface area contributed by atoms with Gasteiger partial charge in [0.1, 0.15) is 12.1 Å². The molecular formula is C19H17N7O. The number of nitrogens with two attached hydrogens (primary N) is 1. The summed E-state index contributed by atoms with van der Waals surface area (Å²) in [5, 5.41) is 9.47. The third kappa shape index (κ3) is 3.50. The van der Waals surface area contributed by atoms with Gasteiger partial charge in [0.2, 0.25) is 5.91 Å². The second kappa shape index (κ2) is 6.91. The SMILES string of the molecule is CC(=NCC(N)=O)c1ccc2nnn(Cc3ccc4ncccc4c3)c2n1. The maximum atomic E-state index is 10.9. The van der Waals surface area contributed by atoms with Crippen molar-refractivity contribution < 1.29 is 4.79 Å². The maximum Gasteiger partial charge on any atom is 0.239 e. The molecule has 2 N–H and O–H groups in total. The van der Waals surface area contributed by atoms with Crippen LogP contribution in [0.25, 0.3) is 22.1 Å². The van der Waals surface area contributed by atoms with Gasteiger partial charge in [-0.15, -0.1) is 5.10 Å². The van der Waals surface area contributed by atoms with Gasteiger partial charge < -0.3 is 5.73 Å². The second-order valence-corrected chi connectivity index (χ2v) is 6.18. The molecule has 3 heterocycles. The fraction of sp³-hybridized carbons (Fsp3) is 0.158. The van der Waals surface area contributed by atoms with Crippen molar-refractivity contribution in [2.24, 2.45) is 10.7 Å². The standard InChI is InChI=1S/C19H17N7O/c1-12(22-10-18(20)27)15-6-7-17-19(23-15)26(25-24-17)11-13-4-5-16-14(9-13)3-2-8-21-16/h2-9H,10-11H2,1H3,(H2,20,27). The van der Waals surface area contributed by atoms with Gasteiger partial charge in [-0.3, -0.25) is 14.8 Å². The highest BCUT2D eigenvalue weighted by molar-refractivity contribution is 5.99. The third-order valence-corrected chi connectivity index (χ3v) is 4.20. The normalized spacial score (nSPS) is 12.0. The lowest BCUT2D eigenvalue weighted by molar-refractivity contribution is -0.116. The number of rotatable bonds is 5. The Labute approximate surface area is 154 Å². The fourth-order valence-corrected chi connectivity index (χ4v) is 2.84. The number of amides is 1. The summed E-state index contributed by atoms with van der Waals surface area (Å²) < 4.78 is 1.75. The highest BCUT2D eigenvalue weighted by atomic mass is 16.1. The van der Waals surface area contributed by atoms with Crippen LogP contribution >= 0.6 is 0 Å². The zero-order valence-electron chi connectivity index (χ0n) is 14.7. The lowest BCUT2D eigenvalue weighted by atomic mass is 10.1. The first-order valence-electron chi connectivity index (χ1n) is 8.44. The van der Waals surface area contributed by atoms with Gasteiger partial charge in [-0.1, -0.05) is 17.3 Å². The van der Waals surface area contributed by atoms with Crippen LogP contribution < -0.4 is 5.73 Å². The number of hydrogen-bond acceptors (Lipinski definition) is 6. The lowest BCUT2D eigenvalue weighted by Gasteiger charge is -2.05. The smallest absolute Gasteiger partial charge is 0.239 e. The molecule has 4 rings (SSSR count). The molecule has 4 aromatic rings. The van der Waals surface area contributed by atoms with E-state index in [-0.39, 0.29) is 6.54 Å². The molecule has 0 atom stereocenters. The number of benzene rings is 1. The van der Waals surface area contributed by atoms with E-state index in [1.807, 2.05) is 36.4 Å². The Balaban J connectivity index is 1.67. The van der Waals surface area contributed by atoms with Crippen molar-refractivity contribution in [2.45, 2.75) is 13.5 Å². The molecule has 8 heteroatoms. The van der Waals surface area contributed by atoms with E-state index < -0.39 is 5.91 Å². The van der Waals surface area contributed by atoms with Gasteiger partial charge in [-0.25, -0.2) is 9.67 Å². The van der Waals surface area contributed by atoms with Crippen LogP contribution in [0.1, 0.15) is 18.2 Å². The average Bonchev–Trinajstić information content (AvgIpc) is 3.08. The summed E-state index contributed by atoms with van der Waals surface area (Å²) in [5.74, 6) is -0.479. The topological polar surface area (TPSA) is 112 Å². The molecule has 0 aliphatic rings. The van der Waals surface area contributed by atoms with Gasteiger partial charge in [0.15, 0.2) is 5.65 Å². The second-order valence-electron chi connectivity index (χ2n) is 6.18. The van der Waals surface area contributed by atoms with Crippen molar-refractivity contribution in [3.8, 4) is 0 Å². The molecule has 0 saturated carbocycles. The minimum Gasteiger partial charge on any atom is -0.368 e. The Bertz CT molecular complexity index is 1180. The summed E-state index contributed by atoms with van der Waals surface area (Å²) in [6, 6.07) is 13.7. The van der Waals surface area contributed by atoms with Crippen LogP contribution in [-0.2, 0) is 11.3 Å². The van der Waals surface area contributed by atoms with Crippen LogP contribution in [0.4, 0.5) is 0 Å². The molecule has 0 fully saturated rings. The number of aliphatic imine (C=N–C) groups is 1. The molecular weight excluding hydrogens is 342 g/mol. The molecule has 0 radical (unpaired) electrons. The molecule has 8 nitrogen and oxygen atoms in total. The number of carbonyl (C=O) groups excluding carboxylic acids is 1. The van der Waals surface area contributed by atoms with Gasteiger partial charge >= 0.3 is 0 Å². The molecule has 1 amide bonds. The molecule has 0 spiro atoms. The maximum absolute atomic E-state index is 10.9. The molecule has 0 bridgehead atoms. The Kier molecular flexibility index (Phi) is 4.29. The minimum atomic E-state index is -0.479. The van der Waals surface area contributed by atoms with Crippen molar-refractivity contribution in [1.29, 1.82) is 0 Å². The quantitative estimate of drug-likeness (QED) is 0.545. The summed E-state index contributed by atoms with van der Waals surface area (Å²) in [5.41, 5.74) is 9.83. The van der Waals surface area contributed by atoms with Crippen LogP contribution in [0.2, 0.25) is 0 Å². The molecule has 1 aromatic carbocycles. The van der Waals surface area contributed by atoms with E-state index in [9.17, 15) is 4.79 Å². The van der Waals surface area contributed by atoms with E-state index >= 15 is 0 Å². The number of carbonyl (C=O) groups is 1. The number of fused-ring (bicyclic) bond motifs is 2. The number of nitrogens with zero attached hydrogens (tertiary/aromatic N) is 6. The van der Waals surface area contributed by atoms with Crippen molar-refractivity contribution in [3.63, 3.8) is 0 Å². The van der Waals surface area contributed by atoms with E-state index in [4.69, 9.17) is 5.73 Å². The van der Waals surface area contributed by atoms with Crippen LogP contribution in [0, 0.1) is 0 Å². The molecule has 134 valence electrons. The molecule has 0 unspecified atom stereocenters. The van der Waals surface area contributed by atoms with Crippen molar-refractivity contribution in [2.75, 3.05) is 6.54 Å². The predicted octanol–water partition coefficient (Wildman–Crippen LogP) is 1.72. The lowest BCUT2D eigenvalue weighted by Crippen LogP contribution is -2.15. The van der Waals surface area contributed by atoms with Gasteiger partial charge in [-0.05, 0) is 42.8 Å². The molecule has 0 aliphatic carbocycles. The van der Waals surface area contributed by atoms with Crippen LogP contribution in [0.5, 0.6) is 0 Å². The van der Waals surface area contributed by atoms with E-state index in [0.717, 1.165) is 16.5 Å². The van der Waals surface area contributed by atoms with Gasteiger partial charge in [0.05, 0.1) is 23.5 Å². The van der Waals surface area contributed by atoms with Crippen molar-refractivity contribution >= 4 is 33.7 Å². The van der Waals surface area contributed by atoms with E-state index in [1.165, 1.54) is 0 Å². The Morgan fingerprint density at radius 3 is 2.89 bits per heavy atom. The van der Waals surface area contributed by atoms with E-state index in [2.05, 4.69) is 31.3 Å². The summed E-state index contributed by atoms with van der Waals surface area (Å²) in [6.07, 6.45) is 1.78. The average molecular weight is 359 g/mol. The highest BCUT2D eigenvalue weighted by Crippen LogP contribution is 2.16. The molecule has 0 aliphatic heterocycles. The Morgan fingerprint density at radius 2 is 2.04 bits per heavy atom. The summed E-state index contributed by atoms with van der Waals surface area (Å²) in [7, 11) is 0. The largest absolute Gasteiger partial charge is 0.368 e. The van der Waals surface area contributed by atoms with Gasteiger partial charge in [-0.2, -0.15) is 0 Å². The number of pyridine rings is 2. The monoisotopic (exact) mass is 359 g/mol. The summed E-state index contributed by atoms with van der Waals surface area (Å²) in [4.78, 5) is 24.0. The first-order valence-corrected chi connectivity index (χ1v) is 8.44. The van der Waals surface area contributed by atoms with Gasteiger partial charge in [0, 0.05) is 11.6 Å². The zero-order valence-corrected chi connectivity index (χ0v) is 14.7. The summed E-state index contributed by atoms with van der Waals surface area (Å²) >= 11 is 0. The highest BCUT2D eigenvalue weighted by Gasteiger charge is 2.10. The zero-order chi connectivity index (χ0) is 18.8. The van der Waals surface area contributed by atoms with E-state index in [0.29, 0.717) is 29.1 Å². The molecule has 3 aromatic heterocycles. The molecule has 0 saturated heterocycles. The number of primary amides is 1. The van der Waals surface area contributed by atoms with Crippen LogP contribution in [0.15, 0.2) is 53.7 Å². The Morgan fingerprint density at radius 1 is 1.19 bits per heavy atom. The van der Waals surface area contributed by atoms with Crippen molar-refractivity contribution in [1.82, 2.24) is 25.0 Å². The van der Waals surface area contributed by atoms with E-state index in [1.54, 1.807) is 17.8 Å². The van der Waals surface area contributed by atoms with Crippen molar-refractivity contribution in [3.05, 3.63) is 59.9 Å². The van der Waals surface area contributed by atoms with Gasteiger partial charge in [0.25, 0.3) is 0 Å².